The molecule has 1 aliphatic carbocycles. The van der Waals surface area contributed by atoms with E-state index in [1.807, 2.05) is 0 Å². The van der Waals surface area contributed by atoms with Crippen LogP contribution >= 0.6 is 0 Å². The summed E-state index contributed by atoms with van der Waals surface area (Å²) in [5.41, 5.74) is 1.39. The molecule has 0 radical (unpaired) electrons. The molecule has 0 amide bonds. The number of Topliss-reactive ketones (excluding diaryl/α,β-unsaturated/α-hetero) is 1. The Morgan fingerprint density at radius 3 is 2.29 bits per heavy atom. The lowest BCUT2D eigenvalue weighted by Crippen LogP contribution is -2.46. The van der Waals surface area contributed by atoms with Gasteiger partial charge in [-0.05, 0) is 18.4 Å². The number of hydrogen-bond acceptors (Lipinski definition) is 3. The second kappa shape index (κ2) is 7.19. The van der Waals surface area contributed by atoms with Crippen LogP contribution < -0.4 is 0 Å². The second-order valence-electron chi connectivity index (χ2n) is 6.45. The lowest BCUT2D eigenvalue weighted by atomic mass is 9.81. The fraction of sp³-hybridized carbons (Fsp3) is 0.611. The number of hydrogen-bond donors (Lipinski definition) is 0. The summed E-state index contributed by atoms with van der Waals surface area (Å²) in [6.45, 7) is 6.46. The average molecular weight is 286 g/mol. The molecule has 1 saturated carbocycles. The summed E-state index contributed by atoms with van der Waals surface area (Å²) in [7, 11) is 0. The molecule has 2 aliphatic rings. The third kappa shape index (κ3) is 4.14. The van der Waals surface area contributed by atoms with Gasteiger partial charge in [-0.3, -0.25) is 9.69 Å². The summed E-state index contributed by atoms with van der Waals surface area (Å²) in [5, 5.41) is 0. The maximum absolute atomic E-state index is 11.9. The van der Waals surface area contributed by atoms with Crippen LogP contribution in [-0.2, 0) is 11.3 Å². The Morgan fingerprint density at radius 2 is 1.67 bits per heavy atom. The van der Waals surface area contributed by atoms with E-state index in [2.05, 4.69) is 40.1 Å². The van der Waals surface area contributed by atoms with Crippen LogP contribution in [0, 0.1) is 5.92 Å². The van der Waals surface area contributed by atoms with Crippen molar-refractivity contribution in [3.05, 3.63) is 35.9 Å². The first-order chi connectivity index (χ1) is 10.3. The molecule has 1 aromatic rings. The molecule has 3 heteroatoms. The molecule has 1 saturated heterocycles. The predicted octanol–water partition coefficient (Wildman–Crippen LogP) is 2.56. The number of rotatable bonds is 6. The monoisotopic (exact) mass is 286 g/mol. The average Bonchev–Trinajstić information content (AvgIpc) is 2.46. The van der Waals surface area contributed by atoms with E-state index in [-0.39, 0.29) is 0 Å². The summed E-state index contributed by atoms with van der Waals surface area (Å²) in [5.74, 6) is 0.914. The van der Waals surface area contributed by atoms with Crippen LogP contribution in [0.25, 0.3) is 0 Å². The van der Waals surface area contributed by atoms with Gasteiger partial charge in [0.05, 0.1) is 0 Å². The van der Waals surface area contributed by atoms with Gasteiger partial charge in [-0.1, -0.05) is 36.8 Å². The highest BCUT2D eigenvalue weighted by Gasteiger charge is 2.25. The zero-order valence-corrected chi connectivity index (χ0v) is 12.8. The van der Waals surface area contributed by atoms with Gasteiger partial charge in [0.25, 0.3) is 0 Å². The molecule has 0 atom stereocenters. The van der Waals surface area contributed by atoms with E-state index in [9.17, 15) is 4.79 Å². The molecule has 0 N–H and O–H groups in total. The van der Waals surface area contributed by atoms with Gasteiger partial charge < -0.3 is 4.90 Å². The Kier molecular flexibility index (Phi) is 5.04. The van der Waals surface area contributed by atoms with Gasteiger partial charge in [0, 0.05) is 51.6 Å². The van der Waals surface area contributed by atoms with Crippen molar-refractivity contribution in [2.24, 2.45) is 5.92 Å². The quantitative estimate of drug-likeness (QED) is 0.803. The molecule has 0 spiro atoms. The first-order valence-electron chi connectivity index (χ1n) is 8.32. The summed E-state index contributed by atoms with van der Waals surface area (Å²) in [6.07, 6.45) is 4.31. The van der Waals surface area contributed by atoms with Gasteiger partial charge in [-0.2, -0.15) is 0 Å². The molecule has 21 heavy (non-hydrogen) atoms. The number of carbonyl (C=O) groups is 1. The van der Waals surface area contributed by atoms with Gasteiger partial charge in [0.1, 0.15) is 5.78 Å². The van der Waals surface area contributed by atoms with E-state index in [4.69, 9.17) is 0 Å². The van der Waals surface area contributed by atoms with Gasteiger partial charge in [-0.25, -0.2) is 0 Å². The summed E-state index contributed by atoms with van der Waals surface area (Å²) in [6, 6.07) is 10.7. The molecular weight excluding hydrogens is 260 g/mol. The van der Waals surface area contributed by atoms with Crippen LogP contribution in [0.1, 0.15) is 31.2 Å². The standard InChI is InChI=1S/C18H26N2O/c21-18(17-7-4-8-17)9-10-19-11-13-20(14-12-19)15-16-5-2-1-3-6-16/h1-3,5-6,17H,4,7-15H2. The summed E-state index contributed by atoms with van der Waals surface area (Å²) < 4.78 is 0. The SMILES string of the molecule is O=C(CCN1CCN(Cc2ccccc2)CC1)C1CCC1. The number of benzene rings is 1. The first-order valence-corrected chi connectivity index (χ1v) is 8.32. The van der Waals surface area contributed by atoms with E-state index in [1.165, 1.54) is 12.0 Å². The highest BCUT2D eigenvalue weighted by atomic mass is 16.1. The maximum atomic E-state index is 11.9. The van der Waals surface area contributed by atoms with Crippen molar-refractivity contribution < 1.29 is 4.79 Å². The van der Waals surface area contributed by atoms with E-state index in [0.29, 0.717) is 11.7 Å². The van der Waals surface area contributed by atoms with Gasteiger partial charge in [0.15, 0.2) is 0 Å². The van der Waals surface area contributed by atoms with E-state index in [1.54, 1.807) is 0 Å². The van der Waals surface area contributed by atoms with Crippen molar-refractivity contribution in [2.75, 3.05) is 32.7 Å². The van der Waals surface area contributed by atoms with Crippen molar-refractivity contribution in [3.8, 4) is 0 Å². The second-order valence-corrected chi connectivity index (χ2v) is 6.45. The fourth-order valence-corrected chi connectivity index (χ4v) is 3.22. The Balaban J connectivity index is 1.36. The Morgan fingerprint density at radius 1 is 1.00 bits per heavy atom. The number of nitrogens with zero attached hydrogens (tertiary/aromatic N) is 2. The predicted molar refractivity (Wildman–Crippen MR) is 85.1 cm³/mol. The smallest absolute Gasteiger partial charge is 0.137 e. The third-order valence-corrected chi connectivity index (χ3v) is 4.95. The van der Waals surface area contributed by atoms with Crippen LogP contribution in [0.5, 0.6) is 0 Å². The largest absolute Gasteiger partial charge is 0.300 e. The molecule has 3 nitrogen and oxygen atoms in total. The van der Waals surface area contributed by atoms with Crippen LogP contribution in [0.2, 0.25) is 0 Å². The lowest BCUT2D eigenvalue weighted by Gasteiger charge is -2.35. The van der Waals surface area contributed by atoms with Crippen LogP contribution in [-0.4, -0.2) is 48.3 Å². The van der Waals surface area contributed by atoms with Crippen molar-refractivity contribution in [1.29, 1.82) is 0 Å². The van der Waals surface area contributed by atoms with Gasteiger partial charge in [0.2, 0.25) is 0 Å². The highest BCUT2D eigenvalue weighted by Crippen LogP contribution is 2.28. The van der Waals surface area contributed by atoms with Gasteiger partial charge >= 0.3 is 0 Å². The topological polar surface area (TPSA) is 23.6 Å². The molecule has 1 aliphatic heterocycles. The van der Waals surface area contributed by atoms with Crippen LogP contribution in [0.4, 0.5) is 0 Å². The fourth-order valence-electron chi connectivity index (χ4n) is 3.22. The number of carbonyl (C=O) groups excluding carboxylic acids is 1. The zero-order chi connectivity index (χ0) is 14.5. The summed E-state index contributed by atoms with van der Waals surface area (Å²) >= 11 is 0. The molecule has 0 aromatic heterocycles. The van der Waals surface area contributed by atoms with Crippen LogP contribution in [0.3, 0.4) is 0 Å². The van der Waals surface area contributed by atoms with E-state index >= 15 is 0 Å². The Bertz CT molecular complexity index is 448. The normalized spacial score (nSPS) is 21.1. The first kappa shape index (κ1) is 14.7. The molecule has 0 unspecified atom stereocenters. The minimum Gasteiger partial charge on any atom is -0.300 e. The lowest BCUT2D eigenvalue weighted by molar-refractivity contribution is -0.125. The molecule has 114 valence electrons. The van der Waals surface area contributed by atoms with E-state index < -0.39 is 0 Å². The molecule has 3 rings (SSSR count). The molecule has 2 fully saturated rings. The maximum Gasteiger partial charge on any atom is 0.137 e. The number of piperazine rings is 1. The zero-order valence-electron chi connectivity index (χ0n) is 12.8. The minimum atomic E-state index is 0.407. The van der Waals surface area contributed by atoms with Crippen molar-refractivity contribution in [2.45, 2.75) is 32.2 Å². The molecular formula is C18H26N2O. The minimum absolute atomic E-state index is 0.407. The molecule has 0 bridgehead atoms. The highest BCUT2D eigenvalue weighted by molar-refractivity contribution is 5.81. The summed E-state index contributed by atoms with van der Waals surface area (Å²) in [4.78, 5) is 16.9. The van der Waals surface area contributed by atoms with Crippen LogP contribution in [0.15, 0.2) is 30.3 Å². The van der Waals surface area contributed by atoms with Crippen molar-refractivity contribution in [1.82, 2.24) is 9.80 Å². The van der Waals surface area contributed by atoms with E-state index in [0.717, 1.165) is 58.5 Å². The Labute approximate surface area is 127 Å². The number of ketones is 1. The molecule has 1 aromatic carbocycles. The van der Waals surface area contributed by atoms with Gasteiger partial charge in [-0.15, -0.1) is 0 Å². The molecule has 1 heterocycles. The Hall–Kier alpha value is -1.19. The van der Waals surface area contributed by atoms with Crippen molar-refractivity contribution in [3.63, 3.8) is 0 Å². The third-order valence-electron chi connectivity index (χ3n) is 4.95. The van der Waals surface area contributed by atoms with Crippen molar-refractivity contribution >= 4 is 5.78 Å².